The SMILES string of the molecule is CCNC(=O)c1nc(-c2ccc(S(=O)(=O)N(C)C)cc2)no1. The normalized spacial score (nSPS) is 11.6. The van der Waals surface area contributed by atoms with Gasteiger partial charge in [-0.2, -0.15) is 4.98 Å². The Bertz CT molecular complexity index is 766. The molecule has 1 N–H and O–H groups in total. The Morgan fingerprint density at radius 1 is 1.27 bits per heavy atom. The summed E-state index contributed by atoms with van der Waals surface area (Å²) in [5.41, 5.74) is 0.553. The van der Waals surface area contributed by atoms with E-state index >= 15 is 0 Å². The van der Waals surface area contributed by atoms with Crippen LogP contribution in [0.4, 0.5) is 0 Å². The van der Waals surface area contributed by atoms with Crippen molar-refractivity contribution >= 4 is 15.9 Å². The molecule has 0 fully saturated rings. The predicted octanol–water partition coefficient (Wildman–Crippen LogP) is 0.737. The summed E-state index contributed by atoms with van der Waals surface area (Å²) in [6.07, 6.45) is 0. The number of benzene rings is 1. The molecule has 1 heterocycles. The van der Waals surface area contributed by atoms with Crippen LogP contribution in [-0.4, -0.2) is 49.4 Å². The minimum atomic E-state index is -3.49. The molecule has 2 rings (SSSR count). The van der Waals surface area contributed by atoms with Crippen molar-refractivity contribution in [2.24, 2.45) is 0 Å². The lowest BCUT2D eigenvalue weighted by Crippen LogP contribution is -2.22. The van der Waals surface area contributed by atoms with Crippen molar-refractivity contribution in [1.29, 1.82) is 0 Å². The zero-order valence-corrected chi connectivity index (χ0v) is 13.2. The van der Waals surface area contributed by atoms with E-state index in [1.807, 2.05) is 0 Å². The van der Waals surface area contributed by atoms with Gasteiger partial charge in [0, 0.05) is 26.2 Å². The van der Waals surface area contributed by atoms with Gasteiger partial charge in [0.1, 0.15) is 0 Å². The van der Waals surface area contributed by atoms with Crippen molar-refractivity contribution in [2.75, 3.05) is 20.6 Å². The lowest BCUT2D eigenvalue weighted by molar-refractivity contribution is 0.0912. The molecular formula is C13H16N4O4S. The van der Waals surface area contributed by atoms with Crippen LogP contribution in [-0.2, 0) is 10.0 Å². The van der Waals surface area contributed by atoms with Gasteiger partial charge in [0.25, 0.3) is 0 Å². The highest BCUT2D eigenvalue weighted by molar-refractivity contribution is 7.89. The van der Waals surface area contributed by atoms with Crippen LogP contribution in [0.2, 0.25) is 0 Å². The summed E-state index contributed by atoms with van der Waals surface area (Å²) < 4.78 is 29.9. The van der Waals surface area contributed by atoms with Crippen LogP contribution in [0.5, 0.6) is 0 Å². The standard InChI is InChI=1S/C13H16N4O4S/c1-4-14-12(18)13-15-11(16-21-13)9-5-7-10(8-6-9)22(19,20)17(2)3/h5-8H,4H2,1-3H3,(H,14,18). The molecule has 2 aromatic rings. The van der Waals surface area contributed by atoms with Crippen molar-refractivity contribution in [3.05, 3.63) is 30.2 Å². The summed E-state index contributed by atoms with van der Waals surface area (Å²) in [7, 11) is -0.568. The zero-order chi connectivity index (χ0) is 16.3. The zero-order valence-electron chi connectivity index (χ0n) is 12.4. The van der Waals surface area contributed by atoms with E-state index in [2.05, 4.69) is 15.5 Å². The van der Waals surface area contributed by atoms with E-state index in [0.29, 0.717) is 12.1 Å². The number of carbonyl (C=O) groups excluding carboxylic acids is 1. The lowest BCUT2D eigenvalue weighted by atomic mass is 10.2. The molecule has 118 valence electrons. The van der Waals surface area contributed by atoms with E-state index in [1.165, 1.54) is 26.2 Å². The van der Waals surface area contributed by atoms with Gasteiger partial charge in [-0.1, -0.05) is 5.16 Å². The van der Waals surface area contributed by atoms with Gasteiger partial charge >= 0.3 is 11.8 Å². The molecule has 0 bridgehead atoms. The Morgan fingerprint density at radius 3 is 2.45 bits per heavy atom. The molecule has 0 aliphatic carbocycles. The topological polar surface area (TPSA) is 105 Å². The average molecular weight is 324 g/mol. The summed E-state index contributed by atoms with van der Waals surface area (Å²) in [6.45, 7) is 2.23. The van der Waals surface area contributed by atoms with Crippen LogP contribution < -0.4 is 5.32 Å². The van der Waals surface area contributed by atoms with E-state index in [-0.39, 0.29) is 16.6 Å². The van der Waals surface area contributed by atoms with E-state index in [0.717, 1.165) is 4.31 Å². The van der Waals surface area contributed by atoms with Gasteiger partial charge in [-0.25, -0.2) is 12.7 Å². The summed E-state index contributed by atoms with van der Waals surface area (Å²) in [5, 5.41) is 6.26. The maximum Gasteiger partial charge on any atom is 0.316 e. The van der Waals surface area contributed by atoms with Crippen molar-refractivity contribution in [3.63, 3.8) is 0 Å². The van der Waals surface area contributed by atoms with Crippen molar-refractivity contribution < 1.29 is 17.7 Å². The smallest absolute Gasteiger partial charge is 0.316 e. The predicted molar refractivity (Wildman–Crippen MR) is 78.6 cm³/mol. The highest BCUT2D eigenvalue weighted by atomic mass is 32.2. The third-order valence-electron chi connectivity index (χ3n) is 2.85. The first-order valence-corrected chi connectivity index (χ1v) is 7.95. The Labute approximate surface area is 128 Å². The van der Waals surface area contributed by atoms with Crippen LogP contribution in [0.1, 0.15) is 17.6 Å². The van der Waals surface area contributed by atoms with Crippen LogP contribution >= 0.6 is 0 Å². The fraction of sp³-hybridized carbons (Fsp3) is 0.308. The van der Waals surface area contributed by atoms with Crippen LogP contribution in [0.25, 0.3) is 11.4 Å². The number of nitrogens with zero attached hydrogens (tertiary/aromatic N) is 3. The van der Waals surface area contributed by atoms with E-state index in [1.54, 1.807) is 19.1 Å². The second-order valence-electron chi connectivity index (χ2n) is 4.59. The Morgan fingerprint density at radius 2 is 1.91 bits per heavy atom. The first-order valence-electron chi connectivity index (χ1n) is 6.51. The quantitative estimate of drug-likeness (QED) is 0.869. The largest absolute Gasteiger partial charge is 0.348 e. The van der Waals surface area contributed by atoms with Gasteiger partial charge in [-0.05, 0) is 31.2 Å². The monoisotopic (exact) mass is 324 g/mol. The number of hydrogen-bond donors (Lipinski definition) is 1. The molecule has 0 saturated heterocycles. The summed E-state index contributed by atoms with van der Waals surface area (Å²) in [4.78, 5) is 15.7. The Kier molecular flexibility index (Phi) is 4.57. The number of sulfonamides is 1. The molecule has 8 nitrogen and oxygen atoms in total. The van der Waals surface area contributed by atoms with Gasteiger partial charge in [-0.15, -0.1) is 0 Å². The fourth-order valence-electron chi connectivity index (χ4n) is 1.66. The highest BCUT2D eigenvalue weighted by Crippen LogP contribution is 2.20. The van der Waals surface area contributed by atoms with E-state index < -0.39 is 15.9 Å². The summed E-state index contributed by atoms with van der Waals surface area (Å²) >= 11 is 0. The number of aromatic nitrogens is 2. The molecule has 1 aromatic heterocycles. The fourth-order valence-corrected chi connectivity index (χ4v) is 2.56. The van der Waals surface area contributed by atoms with Gasteiger partial charge in [0.2, 0.25) is 15.8 Å². The molecule has 0 unspecified atom stereocenters. The molecule has 0 aliphatic heterocycles. The molecule has 0 saturated carbocycles. The molecule has 9 heteroatoms. The molecule has 22 heavy (non-hydrogen) atoms. The van der Waals surface area contributed by atoms with Crippen molar-refractivity contribution in [1.82, 2.24) is 19.8 Å². The Balaban J connectivity index is 2.27. The molecule has 0 spiro atoms. The van der Waals surface area contributed by atoms with Gasteiger partial charge in [0.05, 0.1) is 4.90 Å². The van der Waals surface area contributed by atoms with Gasteiger partial charge < -0.3 is 9.84 Å². The average Bonchev–Trinajstić information content (AvgIpc) is 2.97. The van der Waals surface area contributed by atoms with E-state index in [4.69, 9.17) is 4.52 Å². The van der Waals surface area contributed by atoms with Crippen LogP contribution in [0, 0.1) is 0 Å². The first kappa shape index (κ1) is 16.1. The van der Waals surface area contributed by atoms with Crippen LogP contribution in [0.15, 0.2) is 33.7 Å². The molecule has 1 amide bonds. The second kappa shape index (κ2) is 6.24. The highest BCUT2D eigenvalue weighted by Gasteiger charge is 2.18. The maximum absolute atomic E-state index is 12.0. The van der Waals surface area contributed by atoms with Gasteiger partial charge in [-0.3, -0.25) is 4.79 Å². The van der Waals surface area contributed by atoms with Gasteiger partial charge in [0.15, 0.2) is 0 Å². The number of hydrogen-bond acceptors (Lipinski definition) is 6. The summed E-state index contributed by atoms with van der Waals surface area (Å²) in [6, 6.07) is 6.02. The number of carbonyl (C=O) groups is 1. The van der Waals surface area contributed by atoms with Crippen molar-refractivity contribution in [2.45, 2.75) is 11.8 Å². The minimum absolute atomic E-state index is 0.137. The molecule has 0 aliphatic rings. The number of rotatable bonds is 5. The lowest BCUT2D eigenvalue weighted by Gasteiger charge is -2.11. The third kappa shape index (κ3) is 3.15. The first-order chi connectivity index (χ1) is 10.4. The molecule has 1 aromatic carbocycles. The van der Waals surface area contributed by atoms with E-state index in [9.17, 15) is 13.2 Å². The molecular weight excluding hydrogens is 308 g/mol. The van der Waals surface area contributed by atoms with Crippen LogP contribution in [0.3, 0.4) is 0 Å². The molecule has 0 atom stereocenters. The number of nitrogens with one attached hydrogen (secondary N) is 1. The minimum Gasteiger partial charge on any atom is -0.348 e. The molecule has 0 radical (unpaired) electrons. The number of amides is 1. The third-order valence-corrected chi connectivity index (χ3v) is 4.68. The Hall–Kier alpha value is -2.26. The summed E-state index contributed by atoms with van der Waals surface area (Å²) in [5.74, 6) is -0.370. The second-order valence-corrected chi connectivity index (χ2v) is 6.75. The maximum atomic E-state index is 12.0. The van der Waals surface area contributed by atoms with Crippen molar-refractivity contribution in [3.8, 4) is 11.4 Å².